The van der Waals surface area contributed by atoms with E-state index in [1.807, 2.05) is 31.2 Å². The zero-order valence-corrected chi connectivity index (χ0v) is 16.6. The van der Waals surface area contributed by atoms with Crippen LogP contribution in [0.2, 0.25) is 0 Å². The summed E-state index contributed by atoms with van der Waals surface area (Å²) in [6.07, 6.45) is 0.673. The number of hydrogen-bond acceptors (Lipinski definition) is 5. The Bertz CT molecular complexity index is 521. The zero-order valence-electron chi connectivity index (χ0n) is 14.9. The summed E-state index contributed by atoms with van der Waals surface area (Å²) in [5.74, 6) is 1.13. The van der Waals surface area contributed by atoms with Gasteiger partial charge in [-0.05, 0) is 38.3 Å². The van der Waals surface area contributed by atoms with Crippen molar-refractivity contribution < 1.29 is 18.8 Å². The van der Waals surface area contributed by atoms with E-state index in [4.69, 9.17) is 9.47 Å². The van der Waals surface area contributed by atoms with Crippen LogP contribution in [0.25, 0.3) is 0 Å². The summed E-state index contributed by atoms with van der Waals surface area (Å²) >= 11 is 1.57. The number of carbonyl (C=O) groups is 1. The lowest BCUT2D eigenvalue weighted by molar-refractivity contribution is -0.148. The van der Waals surface area contributed by atoms with Crippen molar-refractivity contribution in [2.75, 3.05) is 19.0 Å². The lowest BCUT2D eigenvalue weighted by atomic mass is 9.94. The normalized spacial score (nSPS) is 13.7. The summed E-state index contributed by atoms with van der Waals surface area (Å²) in [5, 5.41) is 0. The van der Waals surface area contributed by atoms with E-state index in [1.165, 1.54) is 0 Å². The molecule has 1 aromatic rings. The summed E-state index contributed by atoms with van der Waals surface area (Å²) in [6, 6.07) is 7.78. The molecule has 0 N–H and O–H groups in total. The van der Waals surface area contributed by atoms with Crippen molar-refractivity contribution in [1.82, 2.24) is 0 Å². The van der Waals surface area contributed by atoms with Crippen LogP contribution < -0.4 is 4.74 Å². The standard InChI is InChI=1S/C18H27O4PS/c1-5-21-15-9-7-8-10-17(15)24-12-16(23-20)14(11-13(3)4)18(19)22-6-2/h7-10,13-14,16H,5-6,11-12H2,1-4H3. The fourth-order valence-electron chi connectivity index (χ4n) is 2.41. The Morgan fingerprint density at radius 1 is 1.21 bits per heavy atom. The average molecular weight is 370 g/mol. The fraction of sp³-hybridized carbons (Fsp3) is 0.611. The van der Waals surface area contributed by atoms with E-state index < -0.39 is 0 Å². The first-order chi connectivity index (χ1) is 11.5. The van der Waals surface area contributed by atoms with Crippen molar-refractivity contribution in [2.24, 2.45) is 11.8 Å². The average Bonchev–Trinajstić information content (AvgIpc) is 2.55. The van der Waals surface area contributed by atoms with Gasteiger partial charge in [0.25, 0.3) is 0 Å². The first-order valence-electron chi connectivity index (χ1n) is 8.37. The van der Waals surface area contributed by atoms with E-state index in [0.717, 1.165) is 10.6 Å². The predicted octanol–water partition coefficient (Wildman–Crippen LogP) is 5.06. The van der Waals surface area contributed by atoms with Crippen molar-refractivity contribution in [3.8, 4) is 5.75 Å². The molecule has 2 unspecified atom stereocenters. The van der Waals surface area contributed by atoms with Crippen LogP contribution in [0.5, 0.6) is 5.75 Å². The van der Waals surface area contributed by atoms with Crippen molar-refractivity contribution in [2.45, 2.75) is 44.7 Å². The number of esters is 1. The summed E-state index contributed by atoms with van der Waals surface area (Å²) < 4.78 is 22.5. The van der Waals surface area contributed by atoms with Crippen LogP contribution in [0.3, 0.4) is 0 Å². The number of carbonyl (C=O) groups excluding carboxylic acids is 1. The van der Waals surface area contributed by atoms with Gasteiger partial charge in [-0.15, -0.1) is 11.8 Å². The molecular formula is C18H27O4PS. The molecule has 24 heavy (non-hydrogen) atoms. The minimum absolute atomic E-state index is 0.0185. The Kier molecular flexibility index (Phi) is 10.0. The summed E-state index contributed by atoms with van der Waals surface area (Å²) in [4.78, 5) is 13.3. The van der Waals surface area contributed by atoms with Gasteiger partial charge in [0.1, 0.15) is 5.75 Å². The van der Waals surface area contributed by atoms with Crippen molar-refractivity contribution in [1.29, 1.82) is 0 Å². The molecule has 1 aromatic carbocycles. The SMILES string of the molecule is CCOC(=O)C(CC(C)C)C(CSc1ccccc1OCC)P=O. The van der Waals surface area contributed by atoms with E-state index in [-0.39, 0.29) is 26.0 Å². The van der Waals surface area contributed by atoms with Gasteiger partial charge in [-0.3, -0.25) is 9.36 Å². The summed E-state index contributed by atoms with van der Waals surface area (Å²) in [5.41, 5.74) is -0.272. The molecule has 0 heterocycles. The molecule has 4 nitrogen and oxygen atoms in total. The topological polar surface area (TPSA) is 52.6 Å². The Labute approximate surface area is 150 Å². The minimum atomic E-state index is -0.351. The van der Waals surface area contributed by atoms with E-state index in [0.29, 0.717) is 31.3 Å². The largest absolute Gasteiger partial charge is 0.493 e. The highest BCUT2D eigenvalue weighted by Crippen LogP contribution is 2.34. The third kappa shape index (κ3) is 6.82. The van der Waals surface area contributed by atoms with Crippen LogP contribution in [0.4, 0.5) is 0 Å². The zero-order chi connectivity index (χ0) is 17.9. The first kappa shape index (κ1) is 21.0. The van der Waals surface area contributed by atoms with Crippen molar-refractivity contribution in [3.63, 3.8) is 0 Å². The van der Waals surface area contributed by atoms with Crippen LogP contribution in [0, 0.1) is 11.8 Å². The Hall–Kier alpha value is -1.06. The maximum absolute atomic E-state index is 12.3. The molecule has 0 fully saturated rings. The summed E-state index contributed by atoms with van der Waals surface area (Å²) in [6.45, 7) is 8.79. The van der Waals surface area contributed by atoms with Crippen LogP contribution in [0.1, 0.15) is 34.1 Å². The molecule has 0 bridgehead atoms. The second-order valence-electron chi connectivity index (χ2n) is 5.85. The van der Waals surface area contributed by atoms with Crippen LogP contribution in [-0.2, 0) is 14.1 Å². The molecule has 0 amide bonds. The molecular weight excluding hydrogens is 343 g/mol. The van der Waals surface area contributed by atoms with Gasteiger partial charge in [0, 0.05) is 10.6 Å². The lowest BCUT2D eigenvalue weighted by Gasteiger charge is -2.22. The van der Waals surface area contributed by atoms with Gasteiger partial charge in [0.2, 0.25) is 0 Å². The number of ether oxygens (including phenoxy) is 2. The Balaban J connectivity index is 2.83. The molecule has 6 heteroatoms. The molecule has 0 aliphatic rings. The maximum Gasteiger partial charge on any atom is 0.310 e. The number of para-hydroxylation sites is 1. The van der Waals surface area contributed by atoms with Gasteiger partial charge in [0.05, 0.1) is 24.8 Å². The van der Waals surface area contributed by atoms with Gasteiger partial charge in [-0.25, -0.2) is 0 Å². The molecule has 0 saturated carbocycles. The lowest BCUT2D eigenvalue weighted by Crippen LogP contribution is -2.29. The van der Waals surface area contributed by atoms with Crippen molar-refractivity contribution in [3.05, 3.63) is 24.3 Å². The third-order valence-corrected chi connectivity index (χ3v) is 5.71. The van der Waals surface area contributed by atoms with Gasteiger partial charge < -0.3 is 9.47 Å². The van der Waals surface area contributed by atoms with Gasteiger partial charge in [0.15, 0.2) is 8.46 Å². The van der Waals surface area contributed by atoms with Gasteiger partial charge in [-0.1, -0.05) is 26.0 Å². The maximum atomic E-state index is 12.3. The number of thioether (sulfide) groups is 1. The van der Waals surface area contributed by atoms with Gasteiger partial charge in [-0.2, -0.15) is 0 Å². The highest BCUT2D eigenvalue weighted by Gasteiger charge is 2.31. The molecule has 0 aliphatic heterocycles. The third-order valence-electron chi connectivity index (χ3n) is 3.47. The van der Waals surface area contributed by atoms with Gasteiger partial charge >= 0.3 is 5.97 Å². The molecule has 0 aromatic heterocycles. The first-order valence-corrected chi connectivity index (χ1v) is 10.2. The van der Waals surface area contributed by atoms with Crippen molar-refractivity contribution >= 4 is 26.2 Å². The Morgan fingerprint density at radius 3 is 2.50 bits per heavy atom. The molecule has 0 spiro atoms. The molecule has 0 radical (unpaired) electrons. The van der Waals surface area contributed by atoms with E-state index >= 15 is 0 Å². The molecule has 1 rings (SSSR count). The highest BCUT2D eigenvalue weighted by atomic mass is 32.2. The quantitative estimate of drug-likeness (QED) is 0.309. The number of benzene rings is 1. The van der Waals surface area contributed by atoms with E-state index in [9.17, 15) is 9.36 Å². The summed E-state index contributed by atoms with van der Waals surface area (Å²) in [7, 11) is -0.0185. The molecule has 0 saturated heterocycles. The second-order valence-corrected chi connectivity index (χ2v) is 7.79. The predicted molar refractivity (Wildman–Crippen MR) is 99.3 cm³/mol. The van der Waals surface area contributed by atoms with Crippen LogP contribution in [0.15, 0.2) is 29.2 Å². The molecule has 134 valence electrons. The van der Waals surface area contributed by atoms with E-state index in [1.54, 1.807) is 18.7 Å². The number of hydrogen-bond donors (Lipinski definition) is 0. The minimum Gasteiger partial charge on any atom is -0.493 e. The Morgan fingerprint density at radius 2 is 1.92 bits per heavy atom. The second kappa shape index (κ2) is 11.5. The fourth-order valence-corrected chi connectivity index (χ4v) is 4.29. The van der Waals surface area contributed by atoms with E-state index in [2.05, 4.69) is 13.8 Å². The molecule has 0 aliphatic carbocycles. The number of rotatable bonds is 11. The molecule has 2 atom stereocenters. The smallest absolute Gasteiger partial charge is 0.310 e. The van der Waals surface area contributed by atoms with Crippen LogP contribution >= 0.6 is 20.2 Å². The van der Waals surface area contributed by atoms with Crippen LogP contribution in [-0.4, -0.2) is 30.6 Å². The highest BCUT2D eigenvalue weighted by molar-refractivity contribution is 7.99. The monoisotopic (exact) mass is 370 g/mol.